The number of hydrogen-bond acceptors (Lipinski definition) is 5. The van der Waals surface area contributed by atoms with Gasteiger partial charge in [0.1, 0.15) is 5.52 Å². The summed E-state index contributed by atoms with van der Waals surface area (Å²) in [6.45, 7) is 0. The molecule has 0 aliphatic heterocycles. The molecule has 0 saturated heterocycles. The van der Waals surface area contributed by atoms with Crippen LogP contribution in [0.25, 0.3) is 11.1 Å². The molecule has 6 heteroatoms. The van der Waals surface area contributed by atoms with Gasteiger partial charge in [-0.25, -0.2) is 9.78 Å². The van der Waals surface area contributed by atoms with Gasteiger partial charge in [0.15, 0.2) is 5.58 Å². The molecular weight excluding hydrogens is 222 g/mol. The Morgan fingerprint density at radius 2 is 2.12 bits per heavy atom. The number of hydrogen-bond donors (Lipinski definition) is 1. The van der Waals surface area contributed by atoms with Gasteiger partial charge in [-0.1, -0.05) is 0 Å². The van der Waals surface area contributed by atoms with E-state index in [2.05, 4.69) is 4.98 Å². The molecule has 0 bridgehead atoms. The third-order valence-corrected chi connectivity index (χ3v) is 2.32. The van der Waals surface area contributed by atoms with Gasteiger partial charge in [0.25, 0.3) is 5.91 Å². The lowest BCUT2D eigenvalue weighted by molar-refractivity contribution is 0.0992. The zero-order chi connectivity index (χ0) is 12.6. The maximum atomic E-state index is 11.4. The predicted octanol–water partition coefficient (Wildman–Crippen LogP) is 0.353. The van der Waals surface area contributed by atoms with E-state index in [0.717, 1.165) is 5.69 Å². The van der Waals surface area contributed by atoms with Crippen LogP contribution in [-0.2, 0) is 0 Å². The number of rotatable bonds is 2. The first kappa shape index (κ1) is 11.1. The van der Waals surface area contributed by atoms with E-state index < -0.39 is 11.5 Å². The molecule has 1 aromatic carbocycles. The normalized spacial score (nSPS) is 10.5. The van der Waals surface area contributed by atoms with Crippen LogP contribution >= 0.6 is 0 Å². The maximum Gasteiger partial charge on any atom is 0.368 e. The van der Waals surface area contributed by atoms with Gasteiger partial charge in [-0.2, -0.15) is 0 Å². The van der Waals surface area contributed by atoms with Gasteiger partial charge in [-0.15, -0.1) is 0 Å². The highest BCUT2D eigenvalue weighted by atomic mass is 16.4. The summed E-state index contributed by atoms with van der Waals surface area (Å²) in [5.74, 6) is -0.891. The number of nitrogens with two attached hydrogens (primary N) is 1. The van der Waals surface area contributed by atoms with Crippen molar-refractivity contribution in [3.63, 3.8) is 0 Å². The number of anilines is 1. The van der Waals surface area contributed by atoms with Crippen LogP contribution in [0, 0.1) is 0 Å². The zero-order valence-electron chi connectivity index (χ0n) is 9.43. The second-order valence-electron chi connectivity index (χ2n) is 3.76. The van der Waals surface area contributed by atoms with Crippen LogP contribution in [0.5, 0.6) is 0 Å². The van der Waals surface area contributed by atoms with Crippen molar-refractivity contribution in [2.24, 2.45) is 5.73 Å². The molecule has 0 atom stereocenters. The molecule has 0 unspecified atom stereocenters. The third-order valence-electron chi connectivity index (χ3n) is 2.32. The Bertz CT molecular complexity index is 646. The molecule has 0 saturated carbocycles. The van der Waals surface area contributed by atoms with Crippen LogP contribution < -0.4 is 16.3 Å². The van der Waals surface area contributed by atoms with E-state index in [1.165, 1.54) is 0 Å². The summed E-state index contributed by atoms with van der Waals surface area (Å²) in [5, 5.41) is 0. The number of carbonyl (C=O) groups excluding carboxylic acids is 1. The van der Waals surface area contributed by atoms with Crippen LogP contribution in [0.15, 0.2) is 27.4 Å². The summed E-state index contributed by atoms with van der Waals surface area (Å²) in [6, 6.07) is 5.15. The third kappa shape index (κ3) is 1.96. The summed E-state index contributed by atoms with van der Waals surface area (Å²) in [4.78, 5) is 28.1. The fourth-order valence-corrected chi connectivity index (χ4v) is 1.43. The van der Waals surface area contributed by atoms with Crippen molar-refractivity contribution in [1.29, 1.82) is 0 Å². The minimum Gasteiger partial charge on any atom is -0.419 e. The molecule has 88 valence electrons. The molecule has 0 spiro atoms. The first-order chi connectivity index (χ1) is 7.99. The molecule has 0 fully saturated rings. The van der Waals surface area contributed by atoms with E-state index in [9.17, 15) is 9.59 Å². The number of nitrogens with zero attached hydrogens (tertiary/aromatic N) is 2. The molecule has 1 aromatic heterocycles. The molecule has 17 heavy (non-hydrogen) atoms. The van der Waals surface area contributed by atoms with Crippen molar-refractivity contribution >= 4 is 22.7 Å². The van der Waals surface area contributed by atoms with Gasteiger partial charge in [-0.05, 0) is 12.1 Å². The second kappa shape index (κ2) is 3.89. The van der Waals surface area contributed by atoms with Crippen molar-refractivity contribution in [3.8, 4) is 0 Å². The fourth-order valence-electron chi connectivity index (χ4n) is 1.43. The van der Waals surface area contributed by atoms with Gasteiger partial charge < -0.3 is 15.1 Å². The molecule has 0 aliphatic carbocycles. The molecule has 1 heterocycles. The molecular formula is C11H11N3O3. The second-order valence-corrected chi connectivity index (χ2v) is 3.76. The molecule has 1 amide bonds. The highest BCUT2D eigenvalue weighted by Gasteiger charge is 2.12. The van der Waals surface area contributed by atoms with Gasteiger partial charge in [0, 0.05) is 25.8 Å². The van der Waals surface area contributed by atoms with E-state index in [0.29, 0.717) is 11.1 Å². The van der Waals surface area contributed by atoms with Crippen molar-refractivity contribution in [3.05, 3.63) is 34.3 Å². The average molecular weight is 233 g/mol. The van der Waals surface area contributed by atoms with Gasteiger partial charge >= 0.3 is 5.63 Å². The number of benzene rings is 1. The molecule has 2 aromatic rings. The Balaban J connectivity index is 2.70. The van der Waals surface area contributed by atoms with E-state index in [-0.39, 0.29) is 5.69 Å². The lowest BCUT2D eigenvalue weighted by Gasteiger charge is -2.11. The van der Waals surface area contributed by atoms with Crippen LogP contribution in [0.4, 0.5) is 5.69 Å². The van der Waals surface area contributed by atoms with E-state index >= 15 is 0 Å². The monoisotopic (exact) mass is 233 g/mol. The fraction of sp³-hybridized carbons (Fsp3) is 0.182. The van der Waals surface area contributed by atoms with Gasteiger partial charge in [0.05, 0.1) is 0 Å². The van der Waals surface area contributed by atoms with Crippen molar-refractivity contribution < 1.29 is 9.21 Å². The summed E-state index contributed by atoms with van der Waals surface area (Å²) < 4.78 is 5.00. The smallest absolute Gasteiger partial charge is 0.368 e. The number of aromatic nitrogens is 1. The highest BCUT2D eigenvalue weighted by molar-refractivity contribution is 5.92. The van der Waals surface area contributed by atoms with Gasteiger partial charge in [0.2, 0.25) is 5.69 Å². The Morgan fingerprint density at radius 1 is 1.41 bits per heavy atom. The molecule has 0 aliphatic rings. The van der Waals surface area contributed by atoms with Crippen molar-refractivity contribution in [1.82, 2.24) is 4.98 Å². The Labute approximate surface area is 96.7 Å². The molecule has 2 rings (SSSR count). The molecule has 0 radical (unpaired) electrons. The van der Waals surface area contributed by atoms with Crippen molar-refractivity contribution in [2.75, 3.05) is 19.0 Å². The standard InChI is InChI=1S/C11H11N3O3/c1-14(2)6-3-4-7-8(5-6)17-11(16)9(13-7)10(12)15/h3-5H,1-2H3,(H2,12,15). The quantitative estimate of drug-likeness (QED) is 0.808. The Morgan fingerprint density at radius 3 is 2.71 bits per heavy atom. The summed E-state index contributed by atoms with van der Waals surface area (Å²) in [5.41, 5.74) is 5.43. The SMILES string of the molecule is CN(C)c1ccc2nc(C(N)=O)c(=O)oc2c1. The topological polar surface area (TPSA) is 89.4 Å². The predicted molar refractivity (Wildman–Crippen MR) is 63.1 cm³/mol. The van der Waals surface area contributed by atoms with Crippen LogP contribution in [0.2, 0.25) is 0 Å². The largest absolute Gasteiger partial charge is 0.419 e. The Kier molecular flexibility index (Phi) is 2.55. The lowest BCUT2D eigenvalue weighted by atomic mass is 10.2. The first-order valence-corrected chi connectivity index (χ1v) is 4.91. The first-order valence-electron chi connectivity index (χ1n) is 4.91. The molecule has 6 nitrogen and oxygen atoms in total. The average Bonchev–Trinajstić information content (AvgIpc) is 2.26. The molecule has 2 N–H and O–H groups in total. The summed E-state index contributed by atoms with van der Waals surface area (Å²) in [7, 11) is 3.73. The minimum atomic E-state index is -0.891. The van der Waals surface area contributed by atoms with E-state index in [1.807, 2.05) is 19.0 Å². The number of primary amides is 1. The van der Waals surface area contributed by atoms with Crippen molar-refractivity contribution in [2.45, 2.75) is 0 Å². The minimum absolute atomic E-state index is 0.325. The summed E-state index contributed by atoms with van der Waals surface area (Å²) >= 11 is 0. The van der Waals surface area contributed by atoms with E-state index in [4.69, 9.17) is 10.2 Å². The number of fused-ring (bicyclic) bond motifs is 1. The van der Waals surface area contributed by atoms with Gasteiger partial charge in [-0.3, -0.25) is 4.79 Å². The number of carbonyl (C=O) groups is 1. The van der Waals surface area contributed by atoms with Crippen LogP contribution in [-0.4, -0.2) is 25.0 Å². The summed E-state index contributed by atoms with van der Waals surface area (Å²) in [6.07, 6.45) is 0. The van der Waals surface area contributed by atoms with Crippen LogP contribution in [0.1, 0.15) is 10.5 Å². The lowest BCUT2D eigenvalue weighted by Crippen LogP contribution is -2.23. The van der Waals surface area contributed by atoms with E-state index in [1.54, 1.807) is 18.2 Å². The maximum absolute atomic E-state index is 11.4. The zero-order valence-corrected chi connectivity index (χ0v) is 9.43. The van der Waals surface area contributed by atoms with Crippen LogP contribution in [0.3, 0.4) is 0 Å². The highest BCUT2D eigenvalue weighted by Crippen LogP contribution is 2.18. The number of amides is 1. The Hall–Kier alpha value is -2.37.